The second-order valence-corrected chi connectivity index (χ2v) is 7.19. The van der Waals surface area contributed by atoms with E-state index in [2.05, 4.69) is 31.9 Å². The summed E-state index contributed by atoms with van der Waals surface area (Å²) in [7, 11) is 1.52. The highest BCUT2D eigenvalue weighted by molar-refractivity contribution is 9.13. The van der Waals surface area contributed by atoms with Crippen molar-refractivity contribution in [3.8, 4) is 5.75 Å². The summed E-state index contributed by atoms with van der Waals surface area (Å²) in [6, 6.07) is 8.35. The molecule has 4 nitrogen and oxygen atoms in total. The smallest absolute Gasteiger partial charge is 0.348 e. The molecule has 0 aliphatic rings. The first-order valence-electron chi connectivity index (χ1n) is 5.80. The molecule has 0 atom stereocenters. The normalized spacial score (nSPS) is 10.2. The molecule has 1 heterocycles. The van der Waals surface area contributed by atoms with Crippen molar-refractivity contribution in [1.82, 2.24) is 0 Å². The zero-order chi connectivity index (χ0) is 15.4. The van der Waals surface area contributed by atoms with E-state index in [-0.39, 0.29) is 12.4 Å². The number of carbonyl (C=O) groups excluding carboxylic acids is 2. The van der Waals surface area contributed by atoms with Gasteiger partial charge in [0.25, 0.3) is 0 Å². The van der Waals surface area contributed by atoms with Crippen molar-refractivity contribution in [3.05, 3.63) is 49.0 Å². The molecule has 0 aliphatic carbocycles. The molecule has 0 saturated heterocycles. The number of carbonyl (C=O) groups is 2. The van der Waals surface area contributed by atoms with Crippen molar-refractivity contribution < 1.29 is 19.1 Å². The molecule has 2 aromatic rings. The van der Waals surface area contributed by atoms with Gasteiger partial charge < -0.3 is 9.47 Å². The van der Waals surface area contributed by atoms with Gasteiger partial charge in [0.15, 0.2) is 12.4 Å². The monoisotopic (exact) mass is 432 g/mol. The number of halogens is 2. The minimum Gasteiger partial charge on any atom is -0.497 e. The molecule has 0 bridgehead atoms. The van der Waals surface area contributed by atoms with E-state index in [1.165, 1.54) is 18.4 Å². The number of esters is 1. The van der Waals surface area contributed by atoms with Crippen molar-refractivity contribution in [2.24, 2.45) is 0 Å². The highest BCUT2D eigenvalue weighted by Crippen LogP contribution is 2.32. The van der Waals surface area contributed by atoms with Crippen molar-refractivity contribution in [2.45, 2.75) is 0 Å². The van der Waals surface area contributed by atoms with E-state index in [9.17, 15) is 9.59 Å². The van der Waals surface area contributed by atoms with Gasteiger partial charge in [0.05, 0.1) is 10.9 Å². The van der Waals surface area contributed by atoms with Crippen molar-refractivity contribution in [1.29, 1.82) is 0 Å². The van der Waals surface area contributed by atoms with Crippen LogP contribution in [0.4, 0.5) is 0 Å². The van der Waals surface area contributed by atoms with E-state index in [0.29, 0.717) is 16.2 Å². The number of ketones is 1. The predicted octanol–water partition coefficient (Wildman–Crippen LogP) is 4.32. The summed E-state index contributed by atoms with van der Waals surface area (Å²) in [5, 5.41) is 0. The Balaban J connectivity index is 1.98. The minimum absolute atomic E-state index is 0.281. The summed E-state index contributed by atoms with van der Waals surface area (Å²) in [5.41, 5.74) is 0.440. The Morgan fingerprint density at radius 1 is 1.24 bits per heavy atom. The number of rotatable bonds is 5. The fourth-order valence-electron chi connectivity index (χ4n) is 1.53. The van der Waals surface area contributed by atoms with Gasteiger partial charge in [0.1, 0.15) is 10.6 Å². The lowest BCUT2D eigenvalue weighted by Gasteiger charge is -2.04. The van der Waals surface area contributed by atoms with Crippen molar-refractivity contribution in [2.75, 3.05) is 13.7 Å². The lowest BCUT2D eigenvalue weighted by atomic mass is 10.1. The standard InChI is InChI=1S/C14H10Br2O4S/c1-19-9-4-2-3-8(5-9)11(17)7-20-14(18)12-6-10(15)13(16)21-12/h2-6H,7H2,1H3. The van der Waals surface area contributed by atoms with Crippen molar-refractivity contribution >= 4 is 54.9 Å². The van der Waals surface area contributed by atoms with Gasteiger partial charge in [-0.25, -0.2) is 4.79 Å². The van der Waals surface area contributed by atoms with Crippen LogP contribution in [0, 0.1) is 0 Å². The van der Waals surface area contributed by atoms with Crippen LogP contribution in [-0.2, 0) is 4.74 Å². The number of thiophene rings is 1. The van der Waals surface area contributed by atoms with Crippen LogP contribution in [0.2, 0.25) is 0 Å². The average Bonchev–Trinajstić information content (AvgIpc) is 2.84. The molecule has 0 fully saturated rings. The molecule has 1 aromatic carbocycles. The van der Waals surface area contributed by atoms with Gasteiger partial charge in [0, 0.05) is 10.0 Å². The molecule has 110 valence electrons. The Morgan fingerprint density at radius 3 is 2.62 bits per heavy atom. The zero-order valence-electron chi connectivity index (χ0n) is 10.9. The maximum atomic E-state index is 12.0. The van der Waals surface area contributed by atoms with Gasteiger partial charge >= 0.3 is 5.97 Å². The first-order valence-corrected chi connectivity index (χ1v) is 8.20. The summed E-state index contributed by atoms with van der Waals surface area (Å²) in [6.07, 6.45) is 0. The predicted molar refractivity (Wildman–Crippen MR) is 87.3 cm³/mol. The van der Waals surface area contributed by atoms with Gasteiger partial charge in [-0.1, -0.05) is 12.1 Å². The molecule has 2 rings (SSSR count). The fraction of sp³-hybridized carbons (Fsp3) is 0.143. The van der Waals surface area contributed by atoms with Gasteiger partial charge in [-0.05, 0) is 50.1 Å². The van der Waals surface area contributed by atoms with Crippen LogP contribution < -0.4 is 4.74 Å². The molecule has 0 aliphatic heterocycles. The molecule has 21 heavy (non-hydrogen) atoms. The average molecular weight is 434 g/mol. The number of hydrogen-bond donors (Lipinski definition) is 0. The van der Waals surface area contributed by atoms with E-state index in [4.69, 9.17) is 9.47 Å². The van der Waals surface area contributed by atoms with Crippen LogP contribution in [0.5, 0.6) is 5.75 Å². The number of hydrogen-bond acceptors (Lipinski definition) is 5. The van der Waals surface area contributed by atoms with Crippen LogP contribution >= 0.6 is 43.2 Å². The molecule has 0 spiro atoms. The summed E-state index contributed by atoms with van der Waals surface area (Å²) in [6.45, 7) is -0.306. The second-order valence-electron chi connectivity index (χ2n) is 3.96. The largest absolute Gasteiger partial charge is 0.497 e. The third kappa shape index (κ3) is 4.15. The van der Waals surface area contributed by atoms with Crippen molar-refractivity contribution in [3.63, 3.8) is 0 Å². The van der Waals surface area contributed by atoms with Gasteiger partial charge in [-0.15, -0.1) is 11.3 Å². The van der Waals surface area contributed by atoms with E-state index in [1.54, 1.807) is 30.3 Å². The molecule has 0 N–H and O–H groups in total. The molecule has 0 saturated carbocycles. The number of Topliss-reactive ketones (excluding diaryl/α,β-unsaturated/α-hetero) is 1. The van der Waals surface area contributed by atoms with Crippen LogP contribution in [0.15, 0.2) is 38.6 Å². The van der Waals surface area contributed by atoms with Gasteiger partial charge in [-0.2, -0.15) is 0 Å². The van der Waals surface area contributed by atoms with Gasteiger partial charge in [-0.3, -0.25) is 4.79 Å². The summed E-state index contributed by atoms with van der Waals surface area (Å²) in [5.74, 6) is -0.224. The number of ether oxygens (including phenoxy) is 2. The van der Waals surface area contributed by atoms with Crippen LogP contribution in [-0.4, -0.2) is 25.5 Å². The molecule has 0 unspecified atom stereocenters. The topological polar surface area (TPSA) is 52.6 Å². The van der Waals surface area contributed by atoms with Crippen LogP contribution in [0.3, 0.4) is 0 Å². The van der Waals surface area contributed by atoms with Crippen LogP contribution in [0.25, 0.3) is 0 Å². The molecular formula is C14H10Br2O4S. The second kappa shape index (κ2) is 7.20. The molecular weight excluding hydrogens is 424 g/mol. The highest BCUT2D eigenvalue weighted by Gasteiger charge is 2.16. The van der Waals surface area contributed by atoms with Crippen LogP contribution in [0.1, 0.15) is 20.0 Å². The third-order valence-electron chi connectivity index (χ3n) is 2.57. The Labute approximate surface area is 142 Å². The molecule has 0 radical (unpaired) electrons. The quantitative estimate of drug-likeness (QED) is 0.520. The molecule has 0 amide bonds. The molecule has 7 heteroatoms. The maximum Gasteiger partial charge on any atom is 0.348 e. The minimum atomic E-state index is -0.525. The number of benzene rings is 1. The van der Waals surface area contributed by atoms with E-state index in [0.717, 1.165) is 8.26 Å². The maximum absolute atomic E-state index is 12.0. The lowest BCUT2D eigenvalue weighted by molar-refractivity contribution is 0.0479. The highest BCUT2D eigenvalue weighted by atomic mass is 79.9. The fourth-order valence-corrected chi connectivity index (χ4v) is 3.46. The number of methoxy groups -OCH3 is 1. The van der Waals surface area contributed by atoms with Gasteiger partial charge in [0.2, 0.25) is 0 Å². The van der Waals surface area contributed by atoms with E-state index in [1.807, 2.05) is 0 Å². The molecule has 1 aromatic heterocycles. The summed E-state index contributed by atoms with van der Waals surface area (Å²) < 4.78 is 11.6. The van der Waals surface area contributed by atoms with E-state index >= 15 is 0 Å². The zero-order valence-corrected chi connectivity index (χ0v) is 14.9. The Bertz CT molecular complexity index is 662. The third-order valence-corrected chi connectivity index (χ3v) is 5.81. The first-order chi connectivity index (χ1) is 10.0. The lowest BCUT2D eigenvalue weighted by Crippen LogP contribution is -2.13. The summed E-state index contributed by atoms with van der Waals surface area (Å²) in [4.78, 5) is 24.2. The first kappa shape index (κ1) is 16.2. The Kier molecular flexibility index (Phi) is 5.55. The SMILES string of the molecule is COc1cccc(C(=O)COC(=O)c2cc(Br)c(Br)s2)c1. The Hall–Kier alpha value is -1.18. The van der Waals surface area contributed by atoms with E-state index < -0.39 is 5.97 Å². The Morgan fingerprint density at radius 2 is 2.00 bits per heavy atom. The summed E-state index contributed by atoms with van der Waals surface area (Å²) >= 11 is 7.83.